The van der Waals surface area contributed by atoms with Gasteiger partial charge in [0.05, 0.1) is 8.65 Å². The molecule has 0 radical (unpaired) electrons. The number of ketones is 1. The second-order valence-electron chi connectivity index (χ2n) is 7.77. The number of carbonyl (C=O) groups excluding carboxylic acids is 1. The lowest BCUT2D eigenvalue weighted by molar-refractivity contribution is 0.103. The molecular formula is C23H24Br2O. The van der Waals surface area contributed by atoms with Crippen molar-refractivity contribution in [1.29, 1.82) is 0 Å². The van der Waals surface area contributed by atoms with Crippen LogP contribution in [0, 0.1) is 0 Å². The summed E-state index contributed by atoms with van der Waals surface area (Å²) in [5.74, 6) is 0.160. The minimum Gasteiger partial charge on any atom is -0.289 e. The minimum absolute atomic E-state index is 0.0480. The number of hydrogen-bond donors (Lipinski definition) is 0. The summed E-state index contributed by atoms with van der Waals surface area (Å²) in [6, 6.07) is 16.4. The van der Waals surface area contributed by atoms with Crippen LogP contribution in [0.2, 0.25) is 0 Å². The number of rotatable bonds is 4. The normalized spacial score (nSPS) is 21.0. The van der Waals surface area contributed by atoms with Gasteiger partial charge in [0.1, 0.15) is 0 Å². The summed E-state index contributed by atoms with van der Waals surface area (Å²) < 4.78 is -0.0959. The molecule has 136 valence electrons. The van der Waals surface area contributed by atoms with Crippen LogP contribution < -0.4 is 0 Å². The Kier molecular flexibility index (Phi) is 5.13. The van der Waals surface area contributed by atoms with E-state index in [9.17, 15) is 4.79 Å². The van der Waals surface area contributed by atoms with Crippen molar-refractivity contribution in [3.63, 3.8) is 0 Å². The molecule has 0 atom stereocenters. The van der Waals surface area contributed by atoms with Crippen molar-refractivity contribution in [3.05, 3.63) is 70.8 Å². The van der Waals surface area contributed by atoms with Crippen molar-refractivity contribution in [3.8, 4) is 0 Å². The van der Waals surface area contributed by atoms with Gasteiger partial charge in [-0.05, 0) is 36.8 Å². The van der Waals surface area contributed by atoms with E-state index in [-0.39, 0.29) is 14.4 Å². The Bertz CT molecular complexity index is 747. The molecule has 2 aromatic carbocycles. The van der Waals surface area contributed by atoms with Crippen molar-refractivity contribution in [2.45, 2.75) is 60.0 Å². The SMILES string of the molecule is O=C(c1ccccc1C1(Br)CCCC1)c1ccccc1C1(Br)CCCC1. The average Bonchev–Trinajstić information content (AvgIpc) is 3.31. The summed E-state index contributed by atoms with van der Waals surface area (Å²) in [4.78, 5) is 13.6. The lowest BCUT2D eigenvalue weighted by Gasteiger charge is -2.27. The summed E-state index contributed by atoms with van der Waals surface area (Å²) in [7, 11) is 0. The molecule has 2 aromatic rings. The molecule has 1 nitrogen and oxygen atoms in total. The van der Waals surface area contributed by atoms with Gasteiger partial charge in [0.25, 0.3) is 0 Å². The Balaban J connectivity index is 1.79. The number of halogens is 2. The van der Waals surface area contributed by atoms with Crippen LogP contribution in [-0.4, -0.2) is 5.78 Å². The van der Waals surface area contributed by atoms with E-state index < -0.39 is 0 Å². The Morgan fingerprint density at radius 1 is 0.654 bits per heavy atom. The number of hydrogen-bond acceptors (Lipinski definition) is 1. The van der Waals surface area contributed by atoms with E-state index >= 15 is 0 Å². The molecule has 0 bridgehead atoms. The Morgan fingerprint density at radius 3 is 1.38 bits per heavy atom. The maximum absolute atomic E-state index is 13.6. The highest BCUT2D eigenvalue weighted by molar-refractivity contribution is 9.09. The molecule has 0 spiro atoms. The summed E-state index contributed by atoms with van der Waals surface area (Å²) in [5.41, 5.74) is 4.03. The van der Waals surface area contributed by atoms with Gasteiger partial charge in [0.15, 0.2) is 5.78 Å². The quantitative estimate of drug-likeness (QED) is 0.336. The van der Waals surface area contributed by atoms with Gasteiger partial charge in [0.2, 0.25) is 0 Å². The van der Waals surface area contributed by atoms with Crippen molar-refractivity contribution in [1.82, 2.24) is 0 Å². The van der Waals surface area contributed by atoms with Gasteiger partial charge >= 0.3 is 0 Å². The molecule has 26 heavy (non-hydrogen) atoms. The first-order valence-corrected chi connectivity index (χ1v) is 11.2. The van der Waals surface area contributed by atoms with E-state index in [0.717, 1.165) is 47.9 Å². The van der Waals surface area contributed by atoms with Gasteiger partial charge in [-0.25, -0.2) is 0 Å². The van der Waals surface area contributed by atoms with Crippen LogP contribution in [-0.2, 0) is 8.65 Å². The Hall–Kier alpha value is -0.930. The Morgan fingerprint density at radius 2 is 1.00 bits per heavy atom. The third-order valence-corrected chi connectivity index (χ3v) is 8.54. The fourth-order valence-electron chi connectivity index (χ4n) is 4.70. The van der Waals surface area contributed by atoms with Gasteiger partial charge in [-0.15, -0.1) is 0 Å². The minimum atomic E-state index is -0.0480. The first-order valence-electron chi connectivity index (χ1n) is 9.65. The fraction of sp³-hybridized carbons (Fsp3) is 0.435. The maximum Gasteiger partial charge on any atom is 0.193 e. The second kappa shape index (κ2) is 7.24. The number of carbonyl (C=O) groups is 1. The highest BCUT2D eigenvalue weighted by Crippen LogP contribution is 2.49. The molecule has 0 aliphatic heterocycles. The van der Waals surface area contributed by atoms with Gasteiger partial charge in [-0.2, -0.15) is 0 Å². The predicted octanol–water partition coefficient (Wildman–Crippen LogP) is 7.25. The summed E-state index contributed by atoms with van der Waals surface area (Å²) in [6.45, 7) is 0. The highest BCUT2D eigenvalue weighted by Gasteiger charge is 2.38. The van der Waals surface area contributed by atoms with Gasteiger partial charge in [-0.3, -0.25) is 4.79 Å². The zero-order chi connectivity index (χ0) is 18.2. The maximum atomic E-state index is 13.6. The van der Waals surface area contributed by atoms with E-state index in [1.54, 1.807) is 0 Å². The average molecular weight is 476 g/mol. The largest absolute Gasteiger partial charge is 0.289 e. The predicted molar refractivity (Wildman–Crippen MR) is 114 cm³/mol. The highest BCUT2D eigenvalue weighted by atomic mass is 79.9. The van der Waals surface area contributed by atoms with E-state index in [1.807, 2.05) is 24.3 Å². The van der Waals surface area contributed by atoms with E-state index in [2.05, 4.69) is 56.1 Å². The smallest absolute Gasteiger partial charge is 0.193 e. The Labute approximate surface area is 172 Å². The summed E-state index contributed by atoms with van der Waals surface area (Å²) in [6.07, 6.45) is 9.26. The van der Waals surface area contributed by atoms with Gasteiger partial charge < -0.3 is 0 Å². The summed E-state index contributed by atoms with van der Waals surface area (Å²) >= 11 is 7.96. The third kappa shape index (κ3) is 3.22. The van der Waals surface area contributed by atoms with Crippen molar-refractivity contribution in [2.24, 2.45) is 0 Å². The molecule has 2 saturated carbocycles. The zero-order valence-corrected chi connectivity index (χ0v) is 18.1. The molecule has 0 heterocycles. The van der Waals surface area contributed by atoms with E-state index in [1.165, 1.54) is 25.7 Å². The standard InChI is InChI=1S/C23H24Br2O/c24-22(13-5-6-14-22)19-11-3-1-9-17(19)21(26)18-10-2-4-12-20(18)23(25)15-7-8-16-23/h1-4,9-12H,5-8,13-16H2. The fourth-order valence-corrected chi connectivity index (χ4v) is 6.51. The van der Waals surface area contributed by atoms with Crippen LogP contribution >= 0.6 is 31.9 Å². The van der Waals surface area contributed by atoms with Crippen LogP contribution in [0.25, 0.3) is 0 Å². The molecule has 4 rings (SSSR count). The van der Waals surface area contributed by atoms with Crippen molar-refractivity contribution >= 4 is 37.6 Å². The van der Waals surface area contributed by atoms with Crippen LogP contribution in [0.4, 0.5) is 0 Å². The molecule has 2 aliphatic rings. The lowest BCUT2D eigenvalue weighted by Crippen LogP contribution is -2.21. The van der Waals surface area contributed by atoms with Crippen molar-refractivity contribution in [2.75, 3.05) is 0 Å². The monoisotopic (exact) mass is 474 g/mol. The molecule has 0 amide bonds. The number of alkyl halides is 2. The molecule has 0 saturated heterocycles. The second-order valence-corrected chi connectivity index (χ2v) is 10.8. The first kappa shape index (κ1) is 18.4. The van der Waals surface area contributed by atoms with Crippen LogP contribution in [0.5, 0.6) is 0 Å². The molecule has 0 unspecified atom stereocenters. The summed E-state index contributed by atoms with van der Waals surface area (Å²) in [5, 5.41) is 0. The first-order chi connectivity index (χ1) is 12.5. The van der Waals surface area contributed by atoms with Crippen molar-refractivity contribution < 1.29 is 4.79 Å². The van der Waals surface area contributed by atoms with Gasteiger partial charge in [0, 0.05) is 11.1 Å². The number of benzene rings is 2. The topological polar surface area (TPSA) is 17.1 Å². The molecule has 3 heteroatoms. The van der Waals surface area contributed by atoms with Crippen LogP contribution in [0.15, 0.2) is 48.5 Å². The van der Waals surface area contributed by atoms with Gasteiger partial charge in [-0.1, -0.05) is 106 Å². The van der Waals surface area contributed by atoms with Crippen LogP contribution in [0.3, 0.4) is 0 Å². The lowest BCUT2D eigenvalue weighted by atomic mass is 9.85. The molecule has 2 fully saturated rings. The van der Waals surface area contributed by atoms with E-state index in [0.29, 0.717) is 0 Å². The van der Waals surface area contributed by atoms with Crippen LogP contribution in [0.1, 0.15) is 78.4 Å². The molecule has 0 N–H and O–H groups in total. The zero-order valence-electron chi connectivity index (χ0n) is 14.9. The molecule has 0 aromatic heterocycles. The molecule has 2 aliphatic carbocycles. The third-order valence-electron chi connectivity index (χ3n) is 6.10. The molecular weight excluding hydrogens is 452 g/mol. The van der Waals surface area contributed by atoms with E-state index in [4.69, 9.17) is 0 Å².